The molecule has 1 aromatic carbocycles. The van der Waals surface area contributed by atoms with Crippen LogP contribution in [0, 0.1) is 5.82 Å². The summed E-state index contributed by atoms with van der Waals surface area (Å²) >= 11 is 1.55. The van der Waals surface area contributed by atoms with Gasteiger partial charge in [-0.05, 0) is 36.6 Å². The van der Waals surface area contributed by atoms with Gasteiger partial charge in [0.05, 0.1) is 33.8 Å². The Labute approximate surface area is 182 Å². The van der Waals surface area contributed by atoms with E-state index in [-0.39, 0.29) is 0 Å². The van der Waals surface area contributed by atoms with Crippen LogP contribution in [-0.4, -0.2) is 21.5 Å². The molecule has 0 spiro atoms. The van der Waals surface area contributed by atoms with E-state index < -0.39 is 5.82 Å². The molecule has 0 aliphatic carbocycles. The van der Waals surface area contributed by atoms with Crippen molar-refractivity contribution in [3.8, 4) is 22.7 Å². The molecule has 154 valence electrons. The predicted octanol–water partition coefficient (Wildman–Crippen LogP) is 6.20. The number of nitrogens with one attached hydrogen (secondary N) is 1. The van der Waals surface area contributed by atoms with Gasteiger partial charge in [-0.15, -0.1) is 11.3 Å². The number of fused-ring (bicyclic) bond motifs is 1. The molecule has 5 nitrogen and oxygen atoms in total. The molecule has 1 N–H and O–H groups in total. The SMILES string of the molecule is Fc1cnccc1-c1nc(NCCCc2ccccc2)c2scc(-c3ccco3)c2n1. The first-order chi connectivity index (χ1) is 15.3. The van der Waals surface area contributed by atoms with Gasteiger partial charge >= 0.3 is 0 Å². The molecule has 0 atom stereocenters. The molecule has 0 fully saturated rings. The molecule has 5 rings (SSSR count). The summed E-state index contributed by atoms with van der Waals surface area (Å²) in [4.78, 5) is 13.2. The lowest BCUT2D eigenvalue weighted by molar-refractivity contribution is 0.583. The largest absolute Gasteiger partial charge is 0.464 e. The molecule has 0 saturated heterocycles. The second-order valence-electron chi connectivity index (χ2n) is 7.07. The molecular formula is C24H19FN4OS. The summed E-state index contributed by atoms with van der Waals surface area (Å²) in [5.74, 6) is 1.30. The summed E-state index contributed by atoms with van der Waals surface area (Å²) in [6, 6.07) is 15.7. The van der Waals surface area contributed by atoms with Gasteiger partial charge in [-0.25, -0.2) is 14.4 Å². The van der Waals surface area contributed by atoms with Gasteiger partial charge in [-0.1, -0.05) is 30.3 Å². The fourth-order valence-electron chi connectivity index (χ4n) is 3.47. The molecule has 0 unspecified atom stereocenters. The lowest BCUT2D eigenvalue weighted by Gasteiger charge is -2.10. The Morgan fingerprint density at radius 1 is 1.00 bits per heavy atom. The topological polar surface area (TPSA) is 63.8 Å². The van der Waals surface area contributed by atoms with Crippen LogP contribution in [0.2, 0.25) is 0 Å². The minimum atomic E-state index is -0.452. The van der Waals surface area contributed by atoms with Crippen molar-refractivity contribution in [2.75, 3.05) is 11.9 Å². The van der Waals surface area contributed by atoms with Gasteiger partial charge in [0.15, 0.2) is 11.6 Å². The Hall–Kier alpha value is -3.58. The highest BCUT2D eigenvalue weighted by atomic mass is 32.1. The molecule has 4 heterocycles. The second-order valence-corrected chi connectivity index (χ2v) is 7.95. The maximum Gasteiger partial charge on any atom is 0.165 e. The number of hydrogen-bond acceptors (Lipinski definition) is 6. The Balaban J connectivity index is 1.49. The van der Waals surface area contributed by atoms with Crippen LogP contribution in [0.4, 0.5) is 10.2 Å². The monoisotopic (exact) mass is 430 g/mol. The summed E-state index contributed by atoms with van der Waals surface area (Å²) < 4.78 is 20.9. The quantitative estimate of drug-likeness (QED) is 0.312. The molecule has 5 aromatic rings. The zero-order chi connectivity index (χ0) is 21.0. The molecule has 0 radical (unpaired) electrons. The minimum Gasteiger partial charge on any atom is -0.464 e. The van der Waals surface area contributed by atoms with Crippen LogP contribution in [0.15, 0.2) is 77.0 Å². The third-order valence-electron chi connectivity index (χ3n) is 4.99. The van der Waals surface area contributed by atoms with E-state index in [1.54, 1.807) is 29.9 Å². The van der Waals surface area contributed by atoms with Gasteiger partial charge in [-0.2, -0.15) is 0 Å². The number of thiophene rings is 1. The van der Waals surface area contributed by atoms with Crippen LogP contribution in [0.3, 0.4) is 0 Å². The van der Waals surface area contributed by atoms with E-state index in [0.717, 1.165) is 40.9 Å². The Kier molecular flexibility index (Phi) is 5.41. The summed E-state index contributed by atoms with van der Waals surface area (Å²) in [6.45, 7) is 0.743. The van der Waals surface area contributed by atoms with Crippen LogP contribution in [0.1, 0.15) is 12.0 Å². The van der Waals surface area contributed by atoms with Gasteiger partial charge in [0.2, 0.25) is 0 Å². The number of aryl methyl sites for hydroxylation is 1. The van der Waals surface area contributed by atoms with Gasteiger partial charge < -0.3 is 9.73 Å². The summed E-state index contributed by atoms with van der Waals surface area (Å²) in [7, 11) is 0. The summed E-state index contributed by atoms with van der Waals surface area (Å²) in [5.41, 5.74) is 3.23. The fourth-order valence-corrected chi connectivity index (χ4v) is 4.43. The van der Waals surface area contributed by atoms with Crippen molar-refractivity contribution in [1.82, 2.24) is 15.0 Å². The number of benzene rings is 1. The molecule has 7 heteroatoms. The van der Waals surface area contributed by atoms with Crippen molar-refractivity contribution in [1.29, 1.82) is 0 Å². The van der Waals surface area contributed by atoms with E-state index in [0.29, 0.717) is 17.2 Å². The van der Waals surface area contributed by atoms with E-state index in [1.165, 1.54) is 11.8 Å². The van der Waals surface area contributed by atoms with Crippen LogP contribution in [0.5, 0.6) is 0 Å². The summed E-state index contributed by atoms with van der Waals surface area (Å²) in [6.07, 6.45) is 6.27. The number of anilines is 1. The standard InChI is InChI=1S/C24H19FN4OS/c25-19-14-26-12-10-17(19)23-28-21-18(20-9-5-13-30-20)15-31-22(21)24(29-23)27-11-4-8-16-6-2-1-3-7-16/h1-3,5-7,9-10,12-15H,4,8,11H2,(H,27,28,29). The van der Waals surface area contributed by atoms with E-state index >= 15 is 0 Å². The van der Waals surface area contributed by atoms with Gasteiger partial charge in [0, 0.05) is 18.1 Å². The maximum absolute atomic E-state index is 14.4. The van der Waals surface area contributed by atoms with Crippen molar-refractivity contribution in [3.05, 3.63) is 83.9 Å². The van der Waals surface area contributed by atoms with E-state index in [4.69, 9.17) is 9.40 Å². The third-order valence-corrected chi connectivity index (χ3v) is 5.97. The number of aromatic nitrogens is 3. The van der Waals surface area contributed by atoms with E-state index in [2.05, 4.69) is 27.4 Å². The van der Waals surface area contributed by atoms with Crippen molar-refractivity contribution in [2.45, 2.75) is 12.8 Å². The molecule has 0 aliphatic heterocycles. The number of furan rings is 1. The van der Waals surface area contributed by atoms with Crippen molar-refractivity contribution >= 4 is 27.4 Å². The van der Waals surface area contributed by atoms with E-state index in [9.17, 15) is 4.39 Å². The highest BCUT2D eigenvalue weighted by Crippen LogP contribution is 2.37. The molecule has 4 aromatic heterocycles. The number of pyridine rings is 1. The normalized spacial score (nSPS) is 11.1. The molecule has 0 bridgehead atoms. The first-order valence-corrected chi connectivity index (χ1v) is 10.9. The number of rotatable bonds is 7. The van der Waals surface area contributed by atoms with Gasteiger partial charge in [0.1, 0.15) is 11.6 Å². The van der Waals surface area contributed by atoms with Gasteiger partial charge in [0.25, 0.3) is 0 Å². The van der Waals surface area contributed by atoms with Crippen LogP contribution in [-0.2, 0) is 6.42 Å². The Morgan fingerprint density at radius 3 is 2.71 bits per heavy atom. The first-order valence-electron chi connectivity index (χ1n) is 10.0. The molecule has 0 aliphatic rings. The molecule has 31 heavy (non-hydrogen) atoms. The lowest BCUT2D eigenvalue weighted by Crippen LogP contribution is -2.06. The maximum atomic E-state index is 14.4. The minimum absolute atomic E-state index is 0.320. The smallest absolute Gasteiger partial charge is 0.165 e. The predicted molar refractivity (Wildman–Crippen MR) is 122 cm³/mol. The third kappa shape index (κ3) is 4.04. The zero-order valence-corrected chi connectivity index (χ0v) is 17.4. The van der Waals surface area contributed by atoms with Crippen LogP contribution < -0.4 is 5.32 Å². The van der Waals surface area contributed by atoms with Crippen molar-refractivity contribution in [3.63, 3.8) is 0 Å². The number of halogens is 1. The number of hydrogen-bond donors (Lipinski definition) is 1. The van der Waals surface area contributed by atoms with Crippen molar-refractivity contribution < 1.29 is 8.81 Å². The average molecular weight is 431 g/mol. The van der Waals surface area contributed by atoms with Gasteiger partial charge in [-0.3, -0.25) is 4.98 Å². The Bertz CT molecular complexity index is 1300. The van der Waals surface area contributed by atoms with Crippen LogP contribution in [0.25, 0.3) is 32.9 Å². The Morgan fingerprint density at radius 2 is 1.90 bits per heavy atom. The number of nitrogens with zero attached hydrogens (tertiary/aromatic N) is 3. The lowest BCUT2D eigenvalue weighted by atomic mass is 10.1. The summed E-state index contributed by atoms with van der Waals surface area (Å²) in [5, 5.41) is 5.44. The van der Waals surface area contributed by atoms with Crippen molar-refractivity contribution in [2.24, 2.45) is 0 Å². The first kappa shape index (κ1) is 19.4. The highest BCUT2D eigenvalue weighted by molar-refractivity contribution is 7.18. The second kappa shape index (κ2) is 8.65. The van der Waals surface area contributed by atoms with Crippen LogP contribution >= 0.6 is 11.3 Å². The molecular weight excluding hydrogens is 411 g/mol. The average Bonchev–Trinajstić information content (AvgIpc) is 3.47. The molecule has 0 amide bonds. The highest BCUT2D eigenvalue weighted by Gasteiger charge is 2.18. The fraction of sp³-hybridized carbons (Fsp3) is 0.125. The van der Waals surface area contributed by atoms with E-state index in [1.807, 2.05) is 35.7 Å². The zero-order valence-electron chi connectivity index (χ0n) is 16.6. The molecule has 0 saturated carbocycles.